The molecule has 0 atom stereocenters. The molecule has 0 rings (SSSR count). The minimum Gasteiger partial charge on any atom is -0.466 e. The van der Waals surface area contributed by atoms with Crippen LogP contribution in [0.25, 0.3) is 0 Å². The van der Waals surface area contributed by atoms with E-state index in [1.54, 1.807) is 20.3 Å². The molecule has 0 amide bonds. The second kappa shape index (κ2) is 36.2. The van der Waals surface area contributed by atoms with Crippen LogP contribution in [0.3, 0.4) is 0 Å². The molecule has 4 radical (unpaired) electrons. The molecule has 0 aliphatic rings. The third-order valence-electron chi connectivity index (χ3n) is 1.04. The summed E-state index contributed by atoms with van der Waals surface area (Å²) in [5.74, 6) is 0.210. The van der Waals surface area contributed by atoms with Crippen LogP contribution in [0.1, 0.15) is 13.8 Å². The van der Waals surface area contributed by atoms with Crippen molar-refractivity contribution in [3.8, 4) is 0 Å². The van der Waals surface area contributed by atoms with E-state index in [0.29, 0.717) is 12.5 Å². The average molecular weight is 280 g/mol. The van der Waals surface area contributed by atoms with Crippen molar-refractivity contribution in [1.29, 1.82) is 0 Å². The zero-order valence-electron chi connectivity index (χ0n) is 9.46. The van der Waals surface area contributed by atoms with Gasteiger partial charge in [0.1, 0.15) is 0 Å². The number of rotatable bonds is 4. The molecule has 0 heterocycles. The average Bonchev–Trinajstić information content (AvgIpc) is 2.38. The number of esters is 1. The van der Waals surface area contributed by atoms with E-state index in [2.05, 4.69) is 26.9 Å². The van der Waals surface area contributed by atoms with Crippen LogP contribution in [0.4, 0.5) is 0 Å². The van der Waals surface area contributed by atoms with Gasteiger partial charge in [-0.05, 0) is 26.7 Å². The molecule has 0 aromatic heterocycles. The van der Waals surface area contributed by atoms with E-state index in [0.717, 1.165) is 0 Å². The van der Waals surface area contributed by atoms with Crippen molar-refractivity contribution in [3.63, 3.8) is 0 Å². The summed E-state index contributed by atoms with van der Waals surface area (Å²) >= 11 is 0. The van der Waals surface area contributed by atoms with Crippen LogP contribution in [0.5, 0.6) is 0 Å². The summed E-state index contributed by atoms with van der Waals surface area (Å²) in [6.07, 6.45) is 3.16. The van der Waals surface area contributed by atoms with Gasteiger partial charge in [0.05, 0.1) is 12.5 Å². The molecule has 0 spiro atoms. The molecule has 5 nitrogen and oxygen atoms in total. The van der Waals surface area contributed by atoms with E-state index in [4.69, 9.17) is 18.7 Å². The molecule has 0 unspecified atom stereocenters. The zero-order valence-corrected chi connectivity index (χ0v) is 10.6. The first-order chi connectivity index (χ1) is 7.76. The van der Waals surface area contributed by atoms with Crippen molar-refractivity contribution in [2.24, 2.45) is 0 Å². The molecule has 94 valence electrons. The molecule has 0 aromatic carbocycles. The minimum absolute atomic E-state index is 0. The summed E-state index contributed by atoms with van der Waals surface area (Å²) in [4.78, 5) is 10.8. The Labute approximate surface area is 113 Å². The number of carbonyl (C=O) groups is 1. The molecule has 6 heteroatoms. The predicted octanol–water partition coefficient (Wildman–Crippen LogP) is 1.27. The number of ether oxygens (including phenoxy) is 1. The first-order valence-corrected chi connectivity index (χ1v) is 3.83. The summed E-state index contributed by atoms with van der Waals surface area (Å²) in [5, 5.41) is 0. The van der Waals surface area contributed by atoms with Crippen LogP contribution in [0.2, 0.25) is 0 Å². The van der Waals surface area contributed by atoms with Crippen molar-refractivity contribution in [2.75, 3.05) is 6.61 Å². The van der Waals surface area contributed by atoms with E-state index in [-0.39, 0.29) is 23.0 Å². The van der Waals surface area contributed by atoms with Gasteiger partial charge in [-0.15, -0.1) is 0 Å². The first-order valence-electron chi connectivity index (χ1n) is 3.83. The summed E-state index contributed by atoms with van der Waals surface area (Å²) in [6, 6.07) is 0. The molecule has 0 saturated carbocycles. The topological polar surface area (TPSA) is 86.0 Å². The van der Waals surface area contributed by atoms with Crippen LogP contribution in [0, 0.1) is 45.6 Å². The fraction of sp³-hybridized carbons (Fsp3) is 0.273. The fourth-order valence-electron chi connectivity index (χ4n) is 0.533. The first kappa shape index (κ1) is 29.8. The summed E-state index contributed by atoms with van der Waals surface area (Å²) in [6.45, 7) is 20.9. The van der Waals surface area contributed by atoms with Gasteiger partial charge in [0.25, 0.3) is 0 Å². The van der Waals surface area contributed by atoms with E-state index >= 15 is 0 Å². The molecule has 0 N–H and O–H groups in total. The molecule has 0 aliphatic carbocycles. The maximum Gasteiger partial charge on any atom is 0.313 e. The fourth-order valence-corrected chi connectivity index (χ4v) is 0.533. The summed E-state index contributed by atoms with van der Waals surface area (Å²) in [5.41, 5.74) is 0. The molecule has 0 saturated heterocycles. The Morgan fingerprint density at radius 1 is 1.24 bits per heavy atom. The molecular weight excluding hydrogens is 268 g/mol. The van der Waals surface area contributed by atoms with Gasteiger partial charge in [-0.2, -0.15) is 0 Å². The van der Waals surface area contributed by atoms with Gasteiger partial charge in [0.2, 0.25) is 0 Å². The monoisotopic (exact) mass is 280 g/mol. The number of carbonyl (C=O) groups excluding carboxylic acids is 1. The zero-order chi connectivity index (χ0) is 14.0. The Morgan fingerprint density at radius 3 is 1.76 bits per heavy atom. The van der Waals surface area contributed by atoms with Crippen molar-refractivity contribution in [2.45, 2.75) is 13.8 Å². The smallest absolute Gasteiger partial charge is 0.313 e. The van der Waals surface area contributed by atoms with Gasteiger partial charge < -0.3 is 4.74 Å². The molecule has 17 heavy (non-hydrogen) atoms. The van der Waals surface area contributed by atoms with Crippen LogP contribution < -0.4 is 0 Å². The Kier molecular flexibility index (Phi) is 63.6. The van der Waals surface area contributed by atoms with Crippen LogP contribution in [-0.4, -0.2) is 12.6 Å². The Bertz CT molecular complexity index is 180. The Morgan fingerprint density at radius 2 is 1.59 bits per heavy atom. The number of hydrogen-bond donors (Lipinski definition) is 0. The summed E-state index contributed by atoms with van der Waals surface area (Å²) in [7, 11) is 0. The SMILES string of the molecule is [C-]#[O+].[C-]#[O+].[C-]#[O+].[CH2][CH][C]([CH]C)C(=O)OCC.[Fe]. The van der Waals surface area contributed by atoms with Crippen molar-refractivity contribution >= 4 is 5.97 Å². The largest absolute Gasteiger partial charge is 0.466 e. The van der Waals surface area contributed by atoms with Gasteiger partial charge in [-0.3, -0.25) is 4.79 Å². The van der Waals surface area contributed by atoms with Gasteiger partial charge in [0.15, 0.2) is 0 Å². The third-order valence-corrected chi connectivity index (χ3v) is 1.04. The van der Waals surface area contributed by atoms with Crippen LogP contribution in [0.15, 0.2) is 0 Å². The van der Waals surface area contributed by atoms with Crippen molar-refractivity contribution in [3.05, 3.63) is 45.6 Å². The maximum atomic E-state index is 10.8. The van der Waals surface area contributed by atoms with Crippen molar-refractivity contribution in [1.82, 2.24) is 0 Å². The molecular formula is C11H12FeO5. The second-order valence-electron chi connectivity index (χ2n) is 1.67. The normalized spacial score (nSPS) is 6.24. The minimum atomic E-state index is -0.306. The van der Waals surface area contributed by atoms with E-state index in [9.17, 15) is 4.79 Å². The predicted molar refractivity (Wildman–Crippen MR) is 51.3 cm³/mol. The Balaban J connectivity index is -0.0000000594. The quantitative estimate of drug-likeness (QED) is 0.336. The van der Waals surface area contributed by atoms with E-state index in [1.807, 2.05) is 0 Å². The Hall–Kier alpha value is -0.791. The molecule has 0 fully saturated rings. The second-order valence-corrected chi connectivity index (χ2v) is 1.67. The summed E-state index contributed by atoms with van der Waals surface area (Å²) < 4.78 is 27.2. The van der Waals surface area contributed by atoms with Gasteiger partial charge in [0, 0.05) is 17.1 Å². The molecule has 0 aromatic rings. The number of hydrogen-bond acceptors (Lipinski definition) is 2. The van der Waals surface area contributed by atoms with Crippen LogP contribution >= 0.6 is 0 Å². The van der Waals surface area contributed by atoms with Crippen LogP contribution in [-0.2, 0) is 40.6 Å². The van der Waals surface area contributed by atoms with E-state index in [1.165, 1.54) is 6.42 Å². The van der Waals surface area contributed by atoms with Gasteiger partial charge in [-0.1, -0.05) is 6.92 Å². The van der Waals surface area contributed by atoms with Gasteiger partial charge >= 0.3 is 39.9 Å². The molecule has 0 bridgehead atoms. The van der Waals surface area contributed by atoms with Crippen molar-refractivity contribution < 1.29 is 40.6 Å². The van der Waals surface area contributed by atoms with Gasteiger partial charge in [-0.25, -0.2) is 0 Å². The maximum absolute atomic E-state index is 10.8. The standard InChI is InChI=1S/C8H12O2.3CO.Fe/c1-4-7(5-2)8(9)10-6-3;3*1-2;/h4-5H,1,6H2,2-3H3;;;;. The molecule has 0 aliphatic heterocycles. The van der Waals surface area contributed by atoms with E-state index < -0.39 is 0 Å². The third kappa shape index (κ3) is 25.5.